The summed E-state index contributed by atoms with van der Waals surface area (Å²) in [5, 5.41) is 0. The number of hydrogen-bond donors (Lipinski definition) is 0. The van der Waals surface area contributed by atoms with Gasteiger partial charge in [0.25, 0.3) is 0 Å². The van der Waals surface area contributed by atoms with Crippen molar-refractivity contribution >= 4 is 5.97 Å². The molecule has 0 heterocycles. The minimum atomic E-state index is 0.0157. The molecule has 0 aromatic rings. The Morgan fingerprint density at radius 2 is 1.33 bits per heavy atom. The van der Waals surface area contributed by atoms with Crippen LogP contribution in [0.5, 0.6) is 0 Å². The Labute approximate surface area is 152 Å². The number of carbonyl (C=O) groups is 1. The summed E-state index contributed by atoms with van der Waals surface area (Å²) in [5.74, 6) is 1.58. The van der Waals surface area contributed by atoms with E-state index in [0.29, 0.717) is 13.0 Å². The minimum Gasteiger partial charge on any atom is -0.466 e. The Bertz CT molecular complexity index is 265. The lowest BCUT2D eigenvalue weighted by Gasteiger charge is -2.16. The molecule has 2 heteroatoms. The molecule has 0 saturated carbocycles. The van der Waals surface area contributed by atoms with Gasteiger partial charge in [-0.3, -0.25) is 4.79 Å². The molecule has 0 fully saturated rings. The predicted octanol–water partition coefficient (Wildman–Crippen LogP) is 7.30. The first-order chi connectivity index (χ1) is 11.6. The van der Waals surface area contributed by atoms with E-state index in [-0.39, 0.29) is 5.97 Å². The SMILES string of the molecule is CCCCC(CCCC)CCOC(=O)CCCCCCCC(C)C. The zero-order valence-corrected chi connectivity index (χ0v) is 17.1. The van der Waals surface area contributed by atoms with Gasteiger partial charge in [-0.15, -0.1) is 0 Å². The van der Waals surface area contributed by atoms with Crippen molar-refractivity contribution in [2.24, 2.45) is 11.8 Å². The van der Waals surface area contributed by atoms with Gasteiger partial charge in [0.05, 0.1) is 6.61 Å². The van der Waals surface area contributed by atoms with Crippen LogP contribution in [-0.2, 0) is 9.53 Å². The van der Waals surface area contributed by atoms with Gasteiger partial charge in [-0.25, -0.2) is 0 Å². The fourth-order valence-corrected chi connectivity index (χ4v) is 3.18. The van der Waals surface area contributed by atoms with Crippen LogP contribution in [0.2, 0.25) is 0 Å². The van der Waals surface area contributed by atoms with Crippen molar-refractivity contribution in [3.05, 3.63) is 0 Å². The summed E-state index contributed by atoms with van der Waals surface area (Å²) in [6, 6.07) is 0. The van der Waals surface area contributed by atoms with Crippen molar-refractivity contribution in [2.45, 2.75) is 118 Å². The maximum Gasteiger partial charge on any atom is 0.305 e. The van der Waals surface area contributed by atoms with Crippen LogP contribution in [0, 0.1) is 11.8 Å². The molecule has 0 aromatic carbocycles. The molecule has 0 radical (unpaired) electrons. The number of rotatable bonds is 17. The molecule has 0 saturated heterocycles. The van der Waals surface area contributed by atoms with Gasteiger partial charge in [-0.2, -0.15) is 0 Å². The van der Waals surface area contributed by atoms with E-state index in [4.69, 9.17) is 4.74 Å². The maximum absolute atomic E-state index is 11.8. The monoisotopic (exact) mass is 340 g/mol. The average molecular weight is 341 g/mol. The van der Waals surface area contributed by atoms with Crippen LogP contribution in [0.3, 0.4) is 0 Å². The molecule has 0 N–H and O–H groups in total. The lowest BCUT2D eigenvalue weighted by atomic mass is 9.93. The van der Waals surface area contributed by atoms with Crippen LogP contribution in [0.4, 0.5) is 0 Å². The number of unbranched alkanes of at least 4 members (excludes halogenated alkanes) is 6. The van der Waals surface area contributed by atoms with Gasteiger partial charge in [0, 0.05) is 6.42 Å². The van der Waals surface area contributed by atoms with E-state index in [1.165, 1.54) is 70.6 Å². The first-order valence-corrected chi connectivity index (χ1v) is 10.8. The third kappa shape index (κ3) is 16.3. The van der Waals surface area contributed by atoms with Crippen LogP contribution in [0.25, 0.3) is 0 Å². The predicted molar refractivity (Wildman–Crippen MR) is 105 cm³/mol. The summed E-state index contributed by atoms with van der Waals surface area (Å²) in [7, 11) is 0. The van der Waals surface area contributed by atoms with Crippen molar-refractivity contribution in [3.8, 4) is 0 Å². The number of hydrogen-bond acceptors (Lipinski definition) is 2. The topological polar surface area (TPSA) is 26.3 Å². The highest BCUT2D eigenvalue weighted by molar-refractivity contribution is 5.69. The van der Waals surface area contributed by atoms with Crippen molar-refractivity contribution in [3.63, 3.8) is 0 Å². The highest BCUT2D eigenvalue weighted by Gasteiger charge is 2.10. The molecule has 0 bridgehead atoms. The molecular formula is C22H44O2. The minimum absolute atomic E-state index is 0.0157. The first kappa shape index (κ1) is 23.5. The fourth-order valence-electron chi connectivity index (χ4n) is 3.18. The summed E-state index contributed by atoms with van der Waals surface area (Å²) in [6.07, 6.45) is 16.8. The summed E-state index contributed by atoms with van der Waals surface area (Å²) < 4.78 is 5.45. The van der Waals surface area contributed by atoms with E-state index in [2.05, 4.69) is 27.7 Å². The smallest absolute Gasteiger partial charge is 0.305 e. The molecular weight excluding hydrogens is 296 g/mol. The van der Waals surface area contributed by atoms with Gasteiger partial charge >= 0.3 is 5.97 Å². The summed E-state index contributed by atoms with van der Waals surface area (Å²) >= 11 is 0. The first-order valence-electron chi connectivity index (χ1n) is 10.8. The van der Waals surface area contributed by atoms with E-state index < -0.39 is 0 Å². The third-order valence-electron chi connectivity index (χ3n) is 4.88. The molecule has 0 aliphatic carbocycles. The highest BCUT2D eigenvalue weighted by Crippen LogP contribution is 2.20. The van der Waals surface area contributed by atoms with Gasteiger partial charge in [0.2, 0.25) is 0 Å². The molecule has 0 unspecified atom stereocenters. The zero-order valence-electron chi connectivity index (χ0n) is 17.1. The third-order valence-corrected chi connectivity index (χ3v) is 4.88. The molecule has 0 aliphatic heterocycles. The normalized spacial score (nSPS) is 11.4. The second-order valence-corrected chi connectivity index (χ2v) is 7.86. The Morgan fingerprint density at radius 1 is 0.750 bits per heavy atom. The highest BCUT2D eigenvalue weighted by atomic mass is 16.5. The number of ether oxygens (including phenoxy) is 1. The van der Waals surface area contributed by atoms with Crippen LogP contribution in [-0.4, -0.2) is 12.6 Å². The average Bonchev–Trinajstić information content (AvgIpc) is 2.55. The Balaban J connectivity index is 3.58. The number of carbonyl (C=O) groups excluding carboxylic acids is 1. The molecule has 144 valence electrons. The molecule has 2 nitrogen and oxygen atoms in total. The Kier molecular flexibility index (Phi) is 16.9. The van der Waals surface area contributed by atoms with Crippen molar-refractivity contribution < 1.29 is 9.53 Å². The molecule has 24 heavy (non-hydrogen) atoms. The van der Waals surface area contributed by atoms with Gasteiger partial charge < -0.3 is 4.74 Å². The van der Waals surface area contributed by atoms with E-state index in [1.54, 1.807) is 0 Å². The van der Waals surface area contributed by atoms with Gasteiger partial charge in [0.15, 0.2) is 0 Å². The standard InChI is InChI=1S/C22H44O2/c1-5-7-15-21(16-8-6-2)18-19-24-22(23)17-13-11-9-10-12-14-20(3)4/h20-21H,5-19H2,1-4H3. The lowest BCUT2D eigenvalue weighted by Crippen LogP contribution is -2.10. The van der Waals surface area contributed by atoms with E-state index >= 15 is 0 Å². The second kappa shape index (κ2) is 17.3. The fraction of sp³-hybridized carbons (Fsp3) is 0.955. The van der Waals surface area contributed by atoms with Gasteiger partial charge in [-0.05, 0) is 24.7 Å². The van der Waals surface area contributed by atoms with Gasteiger partial charge in [0.1, 0.15) is 0 Å². The molecule has 0 rings (SSSR count). The molecule has 0 amide bonds. The maximum atomic E-state index is 11.8. The Hall–Kier alpha value is -0.530. The molecule has 0 aromatic heterocycles. The summed E-state index contributed by atoms with van der Waals surface area (Å²) in [5.41, 5.74) is 0. The number of esters is 1. The van der Waals surface area contributed by atoms with Crippen LogP contribution in [0.15, 0.2) is 0 Å². The summed E-state index contributed by atoms with van der Waals surface area (Å²) in [4.78, 5) is 11.8. The zero-order chi connectivity index (χ0) is 18.0. The van der Waals surface area contributed by atoms with Crippen LogP contribution in [0.1, 0.15) is 118 Å². The van der Waals surface area contributed by atoms with Gasteiger partial charge in [-0.1, -0.05) is 98.3 Å². The van der Waals surface area contributed by atoms with Crippen LogP contribution < -0.4 is 0 Å². The lowest BCUT2D eigenvalue weighted by molar-refractivity contribution is -0.144. The molecule has 0 atom stereocenters. The molecule has 0 aliphatic rings. The largest absolute Gasteiger partial charge is 0.466 e. The van der Waals surface area contributed by atoms with E-state index in [1.807, 2.05) is 0 Å². The van der Waals surface area contributed by atoms with Crippen molar-refractivity contribution in [1.29, 1.82) is 0 Å². The van der Waals surface area contributed by atoms with Crippen LogP contribution >= 0.6 is 0 Å². The van der Waals surface area contributed by atoms with Crippen molar-refractivity contribution in [2.75, 3.05) is 6.61 Å². The quantitative estimate of drug-likeness (QED) is 0.205. The summed E-state index contributed by atoms with van der Waals surface area (Å²) in [6.45, 7) is 9.70. The Morgan fingerprint density at radius 3 is 1.92 bits per heavy atom. The second-order valence-electron chi connectivity index (χ2n) is 7.86. The van der Waals surface area contributed by atoms with Crippen molar-refractivity contribution in [1.82, 2.24) is 0 Å². The van der Waals surface area contributed by atoms with E-state index in [9.17, 15) is 4.79 Å². The van der Waals surface area contributed by atoms with E-state index in [0.717, 1.165) is 24.7 Å². The molecule has 0 spiro atoms.